The number of amides is 1. The van der Waals surface area contributed by atoms with Gasteiger partial charge < -0.3 is 33.9 Å². The fourth-order valence-corrected chi connectivity index (χ4v) is 8.17. The fraction of sp³-hybridized carbons (Fsp3) is 0.261. The molecule has 66 heavy (non-hydrogen) atoms. The molecule has 15 nitrogen and oxygen atoms in total. The Morgan fingerprint density at radius 1 is 0.985 bits per heavy atom. The Bertz CT molecular complexity index is 2820. The zero-order chi connectivity index (χ0) is 46.7. The van der Waals surface area contributed by atoms with Crippen LogP contribution in [-0.4, -0.2) is 74.9 Å². The van der Waals surface area contributed by atoms with E-state index in [1.54, 1.807) is 90.5 Å². The number of alkyl halides is 3. The second-order valence-corrected chi connectivity index (χ2v) is 15.5. The van der Waals surface area contributed by atoms with E-state index in [2.05, 4.69) is 25.4 Å². The number of benzene rings is 3. The van der Waals surface area contributed by atoms with E-state index >= 15 is 17.6 Å². The van der Waals surface area contributed by atoms with Gasteiger partial charge in [0.2, 0.25) is 0 Å². The minimum atomic E-state index is -5.03. The van der Waals surface area contributed by atoms with Crippen molar-refractivity contribution in [2.45, 2.75) is 45.7 Å². The van der Waals surface area contributed by atoms with Crippen LogP contribution >= 0.6 is 11.6 Å². The fourth-order valence-electron chi connectivity index (χ4n) is 7.85. The van der Waals surface area contributed by atoms with Crippen molar-refractivity contribution in [3.63, 3.8) is 0 Å². The van der Waals surface area contributed by atoms with Gasteiger partial charge in [0, 0.05) is 37.2 Å². The van der Waals surface area contributed by atoms with Gasteiger partial charge >= 0.3 is 18.3 Å². The van der Waals surface area contributed by atoms with Crippen LogP contribution in [0.4, 0.5) is 39.8 Å². The van der Waals surface area contributed by atoms with E-state index in [0.29, 0.717) is 17.1 Å². The van der Waals surface area contributed by atoms with Crippen LogP contribution in [0.25, 0.3) is 22.2 Å². The van der Waals surface area contributed by atoms with Crippen LogP contribution in [-0.2, 0) is 25.8 Å². The highest BCUT2D eigenvalue weighted by atomic mass is 35.5. The van der Waals surface area contributed by atoms with Gasteiger partial charge in [0.25, 0.3) is 0 Å². The highest BCUT2D eigenvalue weighted by Crippen LogP contribution is 2.51. The molecule has 0 saturated heterocycles. The highest BCUT2D eigenvalue weighted by Gasteiger charge is 2.41. The SMILES string of the molecule is COc1ccc(CN(Cc2ccc(OC)cc2)c2cc(C)c(C(F)(F)F)c(-c3c(Cl)c4c5c(nc(OCCn6cccn6)nc5c3F)N([C@H](C)c3cccnc3NC(=O)O)CCO4)n2)cc1. The molecular weight excluding hydrogens is 886 g/mol. The maximum Gasteiger partial charge on any atom is 0.418 e. The van der Waals surface area contributed by atoms with Gasteiger partial charge in [-0.25, -0.2) is 19.2 Å². The summed E-state index contributed by atoms with van der Waals surface area (Å²) in [5.41, 5.74) is -1.39. The summed E-state index contributed by atoms with van der Waals surface area (Å²) in [5, 5.41) is 15.5. The second kappa shape index (κ2) is 19.0. The summed E-state index contributed by atoms with van der Waals surface area (Å²) in [4.78, 5) is 33.2. The summed E-state index contributed by atoms with van der Waals surface area (Å²) in [6.07, 6.45) is -1.65. The summed E-state index contributed by atoms with van der Waals surface area (Å²) in [6.45, 7) is 3.57. The molecule has 1 atom stereocenters. The van der Waals surface area contributed by atoms with E-state index in [1.165, 1.54) is 19.2 Å². The molecule has 3 aromatic carbocycles. The number of pyridine rings is 2. The summed E-state index contributed by atoms with van der Waals surface area (Å²) in [5.74, 6) is 0.00177. The predicted octanol–water partition coefficient (Wildman–Crippen LogP) is 9.76. The zero-order valence-corrected chi connectivity index (χ0v) is 36.7. The molecule has 0 spiro atoms. The van der Waals surface area contributed by atoms with E-state index in [-0.39, 0.29) is 79.6 Å². The first-order valence-electron chi connectivity index (χ1n) is 20.5. The maximum absolute atomic E-state index is 17.9. The average molecular weight is 928 g/mol. The lowest BCUT2D eigenvalue weighted by Gasteiger charge is -2.30. The van der Waals surface area contributed by atoms with Crippen LogP contribution < -0.4 is 34.1 Å². The van der Waals surface area contributed by atoms with Gasteiger partial charge in [0.1, 0.15) is 47.7 Å². The Hall–Kier alpha value is -7.41. The minimum Gasteiger partial charge on any atom is -0.497 e. The van der Waals surface area contributed by atoms with Crippen LogP contribution in [0.5, 0.6) is 23.3 Å². The average Bonchev–Trinajstić information content (AvgIpc) is 3.74. The number of aromatic nitrogens is 6. The van der Waals surface area contributed by atoms with Crippen LogP contribution in [0, 0.1) is 12.7 Å². The quantitative estimate of drug-likeness (QED) is 0.0936. The van der Waals surface area contributed by atoms with Crippen molar-refractivity contribution in [3.05, 3.63) is 130 Å². The normalized spacial score (nSPS) is 12.9. The van der Waals surface area contributed by atoms with Crippen LogP contribution in [0.1, 0.15) is 40.8 Å². The topological polar surface area (TPSA) is 162 Å². The maximum atomic E-state index is 17.9. The summed E-state index contributed by atoms with van der Waals surface area (Å²) in [6, 6.07) is 19.7. The molecule has 342 valence electrons. The predicted molar refractivity (Wildman–Crippen MR) is 238 cm³/mol. The lowest BCUT2D eigenvalue weighted by molar-refractivity contribution is -0.137. The number of anilines is 3. The number of hydrogen-bond acceptors (Lipinski definition) is 12. The van der Waals surface area contributed by atoms with E-state index in [4.69, 9.17) is 35.5 Å². The molecule has 20 heteroatoms. The van der Waals surface area contributed by atoms with E-state index < -0.39 is 51.5 Å². The number of aryl methyl sites for hydroxylation is 1. The summed E-state index contributed by atoms with van der Waals surface area (Å²) < 4.78 is 88.6. The Balaban J connectivity index is 1.33. The van der Waals surface area contributed by atoms with Gasteiger partial charge in [-0.15, -0.1) is 0 Å². The monoisotopic (exact) mass is 927 g/mol. The molecule has 0 saturated carbocycles. The number of hydrogen-bond donors (Lipinski definition) is 2. The molecule has 0 radical (unpaired) electrons. The van der Waals surface area contributed by atoms with Crippen molar-refractivity contribution in [1.29, 1.82) is 0 Å². The first-order chi connectivity index (χ1) is 31.7. The number of nitrogens with one attached hydrogen (secondary N) is 1. The molecule has 0 aliphatic carbocycles. The molecule has 5 heterocycles. The molecule has 2 N–H and O–H groups in total. The Kier molecular flexibility index (Phi) is 13.0. The van der Waals surface area contributed by atoms with Gasteiger partial charge in [-0.2, -0.15) is 28.2 Å². The van der Waals surface area contributed by atoms with Gasteiger partial charge in [0.05, 0.1) is 60.6 Å². The molecular formula is C46H42ClF4N9O6. The molecule has 0 fully saturated rings. The molecule has 1 amide bonds. The van der Waals surface area contributed by atoms with Crippen molar-refractivity contribution in [1.82, 2.24) is 29.7 Å². The molecule has 4 aromatic heterocycles. The zero-order valence-electron chi connectivity index (χ0n) is 35.9. The molecule has 1 aliphatic heterocycles. The van der Waals surface area contributed by atoms with Gasteiger partial charge in [-0.1, -0.05) is 41.9 Å². The van der Waals surface area contributed by atoms with E-state index in [1.807, 2.05) is 24.3 Å². The van der Waals surface area contributed by atoms with Gasteiger partial charge in [0.15, 0.2) is 11.6 Å². The third kappa shape index (κ3) is 9.37. The lowest BCUT2D eigenvalue weighted by Crippen LogP contribution is -2.32. The van der Waals surface area contributed by atoms with E-state index in [9.17, 15) is 9.90 Å². The van der Waals surface area contributed by atoms with Crippen molar-refractivity contribution in [3.8, 4) is 34.5 Å². The number of rotatable bonds is 15. The highest BCUT2D eigenvalue weighted by molar-refractivity contribution is 6.36. The first-order valence-corrected chi connectivity index (χ1v) is 20.9. The van der Waals surface area contributed by atoms with Crippen molar-refractivity contribution in [2.75, 3.05) is 49.1 Å². The Labute approximate surface area is 380 Å². The van der Waals surface area contributed by atoms with E-state index in [0.717, 1.165) is 11.1 Å². The molecule has 0 bridgehead atoms. The largest absolute Gasteiger partial charge is 0.497 e. The number of halogens is 5. The molecule has 8 rings (SSSR count). The number of ether oxygens (including phenoxy) is 4. The summed E-state index contributed by atoms with van der Waals surface area (Å²) >= 11 is 7.13. The molecule has 7 aromatic rings. The smallest absolute Gasteiger partial charge is 0.418 e. The molecule has 1 aliphatic rings. The van der Waals surface area contributed by atoms with Crippen LogP contribution in [0.15, 0.2) is 91.4 Å². The third-order valence-electron chi connectivity index (χ3n) is 11.0. The number of carboxylic acid groups (broad SMARTS) is 1. The standard InChI is InChI=1S/C46H42ClF4N9O6/c1-26-23-33(58(24-28-8-12-30(63-3)13-9-28)25-29-10-14-31(64-4)15-11-29)54-39(36(26)46(49,50)51)34-37(47)41-35-40(38(34)48)55-44(66-21-19-59-18-6-17-53-59)57-43(35)60(20-22-65-41)27(2)32-7-5-16-52-42(32)56-45(61)62/h5-18,23,27H,19-22,24-25H2,1-4H3,(H,52,56)(H,61,62)/t27-/m1/s1. The second-order valence-electron chi connectivity index (χ2n) is 15.2. The van der Waals surface area contributed by atoms with Crippen molar-refractivity contribution < 1.29 is 46.4 Å². The van der Waals surface area contributed by atoms with Crippen molar-refractivity contribution >= 4 is 46.1 Å². The van der Waals surface area contributed by atoms with Gasteiger partial charge in [-0.3, -0.25) is 10.00 Å². The lowest BCUT2D eigenvalue weighted by atomic mass is 9.98. The third-order valence-corrected chi connectivity index (χ3v) is 11.4. The van der Waals surface area contributed by atoms with Crippen LogP contribution in [0.3, 0.4) is 0 Å². The number of methoxy groups -OCH3 is 2. The van der Waals surface area contributed by atoms with Crippen molar-refractivity contribution in [2.24, 2.45) is 0 Å². The molecule has 0 unspecified atom stereocenters. The Morgan fingerprint density at radius 2 is 1.67 bits per heavy atom. The number of nitrogens with zero attached hydrogens (tertiary/aromatic N) is 8. The first kappa shape index (κ1) is 45.2. The Morgan fingerprint density at radius 3 is 2.27 bits per heavy atom. The summed E-state index contributed by atoms with van der Waals surface area (Å²) in [7, 11) is 3.08. The van der Waals surface area contributed by atoms with Gasteiger partial charge in [-0.05, 0) is 73.0 Å². The number of carbonyl (C=O) groups is 1. The van der Waals surface area contributed by atoms with Crippen LogP contribution in [0.2, 0.25) is 5.02 Å². The minimum absolute atomic E-state index is 0.0257.